The number of anilines is 1. The lowest BCUT2D eigenvalue weighted by molar-refractivity contribution is 0.0642. The summed E-state index contributed by atoms with van der Waals surface area (Å²) < 4.78 is 0. The Hall–Kier alpha value is -3.58. The quantitative estimate of drug-likeness (QED) is 0.688. The van der Waals surface area contributed by atoms with Crippen molar-refractivity contribution in [1.82, 2.24) is 14.9 Å². The highest BCUT2D eigenvalue weighted by molar-refractivity contribution is 6.32. The summed E-state index contributed by atoms with van der Waals surface area (Å²) in [6.07, 6.45) is 4.34. The summed E-state index contributed by atoms with van der Waals surface area (Å²) in [4.78, 5) is 46.7. The molecule has 1 aliphatic rings. The van der Waals surface area contributed by atoms with Crippen molar-refractivity contribution in [2.75, 3.05) is 5.32 Å². The number of nitrogens with one attached hydrogen (secondary N) is 1. The van der Waals surface area contributed by atoms with Gasteiger partial charge in [-0.2, -0.15) is 0 Å². The number of aromatic nitrogens is 2. The molecule has 0 unspecified atom stereocenters. The monoisotopic (exact) mass is 392 g/mol. The van der Waals surface area contributed by atoms with E-state index in [0.29, 0.717) is 21.8 Å². The largest absolute Gasteiger partial charge is 0.320 e. The predicted molar refractivity (Wildman–Crippen MR) is 102 cm³/mol. The van der Waals surface area contributed by atoms with Gasteiger partial charge in [0.25, 0.3) is 17.7 Å². The lowest BCUT2D eigenvalue weighted by Crippen LogP contribution is -2.30. The molecule has 4 rings (SSSR count). The van der Waals surface area contributed by atoms with Gasteiger partial charge in [0.15, 0.2) is 0 Å². The summed E-state index contributed by atoms with van der Waals surface area (Å²) >= 11 is 6.32. The van der Waals surface area contributed by atoms with Gasteiger partial charge in [0.2, 0.25) is 0 Å². The molecule has 1 aromatic carbocycles. The Labute approximate surface area is 165 Å². The van der Waals surface area contributed by atoms with Crippen LogP contribution in [-0.4, -0.2) is 32.6 Å². The zero-order valence-corrected chi connectivity index (χ0v) is 15.2. The molecule has 138 valence electrons. The molecule has 0 spiro atoms. The maximum absolute atomic E-state index is 12.6. The van der Waals surface area contributed by atoms with Crippen molar-refractivity contribution in [3.8, 4) is 0 Å². The molecule has 1 N–H and O–H groups in total. The van der Waals surface area contributed by atoms with E-state index in [0.717, 1.165) is 4.90 Å². The summed E-state index contributed by atoms with van der Waals surface area (Å²) in [6.45, 7) is -0.0795. The zero-order chi connectivity index (χ0) is 19.7. The first kappa shape index (κ1) is 17.8. The van der Waals surface area contributed by atoms with E-state index in [2.05, 4.69) is 15.3 Å². The minimum Gasteiger partial charge on any atom is -0.320 e. The minimum absolute atomic E-state index is 0.0795. The number of amides is 3. The molecule has 3 aromatic rings. The number of carbonyl (C=O) groups excluding carboxylic acids is 3. The number of halogens is 1. The SMILES string of the molecule is O=C(Nc1cccc(Cl)c1CN1C(=O)c2ccncc2C1=O)c1ccccn1. The Bertz CT molecular complexity index is 1070. The smallest absolute Gasteiger partial charge is 0.274 e. The predicted octanol–water partition coefficient (Wildman–Crippen LogP) is 3.18. The van der Waals surface area contributed by atoms with Crippen LogP contribution >= 0.6 is 11.6 Å². The summed E-state index contributed by atoms with van der Waals surface area (Å²) in [6, 6.07) is 11.5. The summed E-state index contributed by atoms with van der Waals surface area (Å²) in [5.74, 6) is -1.30. The molecule has 3 heterocycles. The number of hydrogen-bond acceptors (Lipinski definition) is 5. The Kier molecular flexibility index (Phi) is 4.58. The number of nitrogens with zero attached hydrogens (tertiary/aromatic N) is 3. The molecular weight excluding hydrogens is 380 g/mol. The first-order valence-corrected chi connectivity index (χ1v) is 8.74. The molecular formula is C20H13ClN4O3. The molecule has 0 atom stereocenters. The second kappa shape index (κ2) is 7.21. The van der Waals surface area contributed by atoms with Crippen molar-refractivity contribution < 1.29 is 14.4 Å². The summed E-state index contributed by atoms with van der Waals surface area (Å²) in [5.41, 5.74) is 1.64. The van der Waals surface area contributed by atoms with E-state index >= 15 is 0 Å². The van der Waals surface area contributed by atoms with Gasteiger partial charge in [-0.25, -0.2) is 0 Å². The van der Waals surface area contributed by atoms with Crippen LogP contribution in [0.3, 0.4) is 0 Å². The van der Waals surface area contributed by atoms with Gasteiger partial charge in [0.1, 0.15) is 5.69 Å². The third-order valence-electron chi connectivity index (χ3n) is 4.35. The van der Waals surface area contributed by atoms with Gasteiger partial charge in [0, 0.05) is 34.9 Å². The van der Waals surface area contributed by atoms with Crippen LogP contribution < -0.4 is 5.32 Å². The Morgan fingerprint density at radius 1 is 1.00 bits per heavy atom. The number of imide groups is 1. The van der Waals surface area contributed by atoms with Crippen LogP contribution in [0.2, 0.25) is 5.02 Å². The van der Waals surface area contributed by atoms with E-state index < -0.39 is 17.7 Å². The van der Waals surface area contributed by atoms with E-state index in [1.165, 1.54) is 24.7 Å². The number of carbonyl (C=O) groups is 3. The average molecular weight is 393 g/mol. The van der Waals surface area contributed by atoms with Gasteiger partial charge in [-0.05, 0) is 30.3 Å². The van der Waals surface area contributed by atoms with Crippen LogP contribution in [0, 0.1) is 0 Å². The van der Waals surface area contributed by atoms with Gasteiger partial charge in [0.05, 0.1) is 17.7 Å². The summed E-state index contributed by atoms with van der Waals surface area (Å²) in [5, 5.41) is 3.07. The third kappa shape index (κ3) is 3.12. The van der Waals surface area contributed by atoms with Crippen molar-refractivity contribution in [2.45, 2.75) is 6.54 Å². The number of rotatable bonds is 4. The minimum atomic E-state index is -0.449. The maximum Gasteiger partial charge on any atom is 0.274 e. The average Bonchev–Trinajstić information content (AvgIpc) is 2.96. The lowest BCUT2D eigenvalue weighted by atomic mass is 10.1. The molecule has 8 heteroatoms. The van der Waals surface area contributed by atoms with Crippen LogP contribution in [-0.2, 0) is 6.54 Å². The fourth-order valence-corrected chi connectivity index (χ4v) is 3.19. The molecule has 28 heavy (non-hydrogen) atoms. The van der Waals surface area contributed by atoms with Gasteiger partial charge < -0.3 is 5.32 Å². The molecule has 0 saturated carbocycles. The van der Waals surface area contributed by atoms with Crippen molar-refractivity contribution in [1.29, 1.82) is 0 Å². The Morgan fingerprint density at radius 2 is 1.82 bits per heavy atom. The van der Waals surface area contributed by atoms with E-state index in [1.807, 2.05) is 0 Å². The number of pyridine rings is 2. The van der Waals surface area contributed by atoms with E-state index in [9.17, 15) is 14.4 Å². The molecule has 0 saturated heterocycles. The molecule has 0 radical (unpaired) electrons. The molecule has 0 fully saturated rings. The molecule has 7 nitrogen and oxygen atoms in total. The number of benzene rings is 1. The van der Waals surface area contributed by atoms with E-state index in [-0.39, 0.29) is 17.8 Å². The van der Waals surface area contributed by atoms with Crippen LogP contribution in [0.4, 0.5) is 5.69 Å². The maximum atomic E-state index is 12.6. The van der Waals surface area contributed by atoms with E-state index in [4.69, 9.17) is 11.6 Å². The number of hydrogen-bond donors (Lipinski definition) is 1. The molecule has 2 aromatic heterocycles. The zero-order valence-electron chi connectivity index (χ0n) is 14.4. The first-order valence-electron chi connectivity index (χ1n) is 8.36. The highest BCUT2D eigenvalue weighted by Gasteiger charge is 2.36. The number of fused-ring (bicyclic) bond motifs is 1. The second-order valence-electron chi connectivity index (χ2n) is 6.05. The van der Waals surface area contributed by atoms with Crippen LogP contribution in [0.15, 0.2) is 61.1 Å². The van der Waals surface area contributed by atoms with Crippen molar-refractivity contribution in [2.24, 2.45) is 0 Å². The fourth-order valence-electron chi connectivity index (χ4n) is 2.96. The van der Waals surface area contributed by atoms with Crippen LogP contribution in [0.5, 0.6) is 0 Å². The van der Waals surface area contributed by atoms with Gasteiger partial charge in [-0.15, -0.1) is 0 Å². The lowest BCUT2D eigenvalue weighted by Gasteiger charge is -2.18. The normalized spacial score (nSPS) is 12.8. The van der Waals surface area contributed by atoms with Crippen molar-refractivity contribution in [3.63, 3.8) is 0 Å². The Balaban J connectivity index is 1.64. The third-order valence-corrected chi connectivity index (χ3v) is 4.71. The fraction of sp³-hybridized carbons (Fsp3) is 0.0500. The molecule has 0 bridgehead atoms. The van der Waals surface area contributed by atoms with Crippen molar-refractivity contribution >= 4 is 35.0 Å². The van der Waals surface area contributed by atoms with Gasteiger partial charge in [-0.1, -0.05) is 23.7 Å². The molecule has 0 aliphatic carbocycles. The second-order valence-corrected chi connectivity index (χ2v) is 6.46. The molecule has 1 aliphatic heterocycles. The van der Waals surface area contributed by atoms with Gasteiger partial charge in [-0.3, -0.25) is 29.3 Å². The first-order chi connectivity index (χ1) is 13.6. The highest BCUT2D eigenvalue weighted by atomic mass is 35.5. The Morgan fingerprint density at radius 3 is 2.57 bits per heavy atom. The van der Waals surface area contributed by atoms with Gasteiger partial charge >= 0.3 is 0 Å². The highest BCUT2D eigenvalue weighted by Crippen LogP contribution is 2.30. The molecule has 3 amide bonds. The van der Waals surface area contributed by atoms with Crippen LogP contribution in [0.25, 0.3) is 0 Å². The van der Waals surface area contributed by atoms with Crippen LogP contribution in [0.1, 0.15) is 36.8 Å². The van der Waals surface area contributed by atoms with Crippen molar-refractivity contribution in [3.05, 3.63) is 88.5 Å². The standard InChI is InChI=1S/C20H13ClN4O3/c21-15-4-3-6-16(24-18(26)17-5-1-2-8-23-17)14(15)11-25-19(27)12-7-9-22-10-13(12)20(25)28/h1-10H,11H2,(H,24,26). The topological polar surface area (TPSA) is 92.3 Å². The summed E-state index contributed by atoms with van der Waals surface area (Å²) in [7, 11) is 0. The van der Waals surface area contributed by atoms with E-state index in [1.54, 1.807) is 36.4 Å².